The lowest BCUT2D eigenvalue weighted by atomic mass is 10.1. The summed E-state index contributed by atoms with van der Waals surface area (Å²) >= 11 is 5.86. The van der Waals surface area contributed by atoms with Crippen molar-refractivity contribution in [2.75, 3.05) is 13.1 Å². The summed E-state index contributed by atoms with van der Waals surface area (Å²) in [6.07, 6.45) is 4.42. The molecule has 0 spiro atoms. The highest BCUT2D eigenvalue weighted by atomic mass is 35.5. The number of likely N-dealkylation sites (tertiary alicyclic amines) is 1. The monoisotopic (exact) mass is 305 g/mol. The van der Waals surface area contributed by atoms with E-state index >= 15 is 0 Å². The van der Waals surface area contributed by atoms with Gasteiger partial charge in [0.1, 0.15) is 0 Å². The van der Waals surface area contributed by atoms with Crippen LogP contribution in [-0.2, 0) is 0 Å². The van der Waals surface area contributed by atoms with Gasteiger partial charge in [0.05, 0.1) is 23.6 Å². The smallest absolute Gasteiger partial charge is 0.257 e. The van der Waals surface area contributed by atoms with Gasteiger partial charge in [0, 0.05) is 24.3 Å². The van der Waals surface area contributed by atoms with Crippen LogP contribution >= 0.6 is 11.6 Å². The number of halogens is 1. The summed E-state index contributed by atoms with van der Waals surface area (Å²) in [5.74, 6) is -0.0889. The summed E-state index contributed by atoms with van der Waals surface area (Å²) in [6, 6.07) is 7.24. The number of aliphatic hydroxyl groups is 1. The quantitative estimate of drug-likeness (QED) is 0.924. The van der Waals surface area contributed by atoms with E-state index in [4.69, 9.17) is 11.6 Å². The summed E-state index contributed by atoms with van der Waals surface area (Å²) in [5.41, 5.74) is 1.37. The fourth-order valence-corrected chi connectivity index (χ4v) is 2.62. The lowest BCUT2D eigenvalue weighted by molar-refractivity contribution is 0.0474. The Morgan fingerprint density at radius 2 is 2.10 bits per heavy atom. The molecular formula is C15H16ClN3O2. The third kappa shape index (κ3) is 3.09. The van der Waals surface area contributed by atoms with Crippen LogP contribution in [0.25, 0.3) is 5.69 Å². The zero-order valence-electron chi connectivity index (χ0n) is 11.4. The topological polar surface area (TPSA) is 58.4 Å². The van der Waals surface area contributed by atoms with Gasteiger partial charge < -0.3 is 10.0 Å². The van der Waals surface area contributed by atoms with Crippen molar-refractivity contribution in [3.8, 4) is 5.69 Å². The van der Waals surface area contributed by atoms with Crippen LogP contribution in [0.5, 0.6) is 0 Å². The van der Waals surface area contributed by atoms with Crippen molar-refractivity contribution < 1.29 is 9.90 Å². The summed E-state index contributed by atoms with van der Waals surface area (Å²) in [4.78, 5) is 14.1. The number of carbonyl (C=O) groups excluding carboxylic acids is 1. The molecule has 1 unspecified atom stereocenters. The maximum absolute atomic E-state index is 12.4. The Morgan fingerprint density at radius 1 is 1.33 bits per heavy atom. The first-order valence-corrected chi connectivity index (χ1v) is 7.29. The van der Waals surface area contributed by atoms with Crippen molar-refractivity contribution >= 4 is 17.5 Å². The van der Waals surface area contributed by atoms with Crippen molar-refractivity contribution in [3.05, 3.63) is 47.2 Å². The number of hydrogen-bond donors (Lipinski definition) is 1. The van der Waals surface area contributed by atoms with Crippen molar-refractivity contribution in [1.82, 2.24) is 14.7 Å². The summed E-state index contributed by atoms with van der Waals surface area (Å²) in [5, 5.41) is 14.5. The summed E-state index contributed by atoms with van der Waals surface area (Å²) < 4.78 is 1.64. The Morgan fingerprint density at radius 3 is 2.81 bits per heavy atom. The summed E-state index contributed by atoms with van der Waals surface area (Å²) in [6.45, 7) is 1.08. The first kappa shape index (κ1) is 14.1. The van der Waals surface area contributed by atoms with Gasteiger partial charge in [-0.2, -0.15) is 5.10 Å². The molecule has 1 atom stereocenters. The molecule has 1 saturated heterocycles. The molecule has 1 aromatic heterocycles. The Labute approximate surface area is 127 Å². The Balaban J connectivity index is 1.78. The van der Waals surface area contributed by atoms with E-state index in [1.807, 2.05) is 12.1 Å². The van der Waals surface area contributed by atoms with Gasteiger partial charge in [-0.15, -0.1) is 0 Å². The highest BCUT2D eigenvalue weighted by Gasteiger charge is 2.23. The first-order chi connectivity index (χ1) is 10.1. The number of β-amino-alcohol motifs (C(OH)–C–C–N with tert-alkyl or cyclic N) is 1. The predicted molar refractivity (Wildman–Crippen MR) is 79.7 cm³/mol. The van der Waals surface area contributed by atoms with Gasteiger partial charge in [-0.25, -0.2) is 4.68 Å². The Kier molecular flexibility index (Phi) is 3.94. The van der Waals surface area contributed by atoms with E-state index in [1.165, 1.54) is 0 Å². The zero-order chi connectivity index (χ0) is 14.8. The molecule has 3 rings (SSSR count). The number of amides is 1. The van der Waals surface area contributed by atoms with Crippen LogP contribution in [0.2, 0.25) is 5.02 Å². The molecule has 0 aliphatic carbocycles. The van der Waals surface area contributed by atoms with E-state index in [0.717, 1.165) is 18.5 Å². The molecule has 1 aromatic carbocycles. The number of aromatic nitrogens is 2. The first-order valence-electron chi connectivity index (χ1n) is 6.91. The SMILES string of the molecule is O=C(c1cnn(-c2ccc(Cl)cc2)c1)N1CCCC(O)C1. The van der Waals surface area contributed by atoms with Crippen molar-refractivity contribution in [1.29, 1.82) is 0 Å². The number of rotatable bonds is 2. The number of carbonyl (C=O) groups is 1. The van der Waals surface area contributed by atoms with Gasteiger partial charge in [0.2, 0.25) is 0 Å². The molecule has 1 amide bonds. The minimum atomic E-state index is -0.422. The van der Waals surface area contributed by atoms with E-state index in [9.17, 15) is 9.90 Å². The van der Waals surface area contributed by atoms with Crippen LogP contribution in [0.1, 0.15) is 23.2 Å². The highest BCUT2D eigenvalue weighted by Crippen LogP contribution is 2.16. The normalized spacial score (nSPS) is 18.8. The minimum Gasteiger partial charge on any atom is -0.391 e. The standard InChI is InChI=1S/C15H16ClN3O2/c16-12-3-5-13(6-4-12)19-9-11(8-17-19)15(21)18-7-1-2-14(20)10-18/h3-6,8-9,14,20H,1-2,7,10H2. The van der Waals surface area contributed by atoms with Crippen LogP contribution in [0, 0.1) is 0 Å². The van der Waals surface area contributed by atoms with Crippen molar-refractivity contribution in [2.24, 2.45) is 0 Å². The van der Waals surface area contributed by atoms with E-state index in [2.05, 4.69) is 5.10 Å². The molecule has 0 radical (unpaired) electrons. The lowest BCUT2D eigenvalue weighted by Gasteiger charge is -2.29. The van der Waals surface area contributed by atoms with E-state index in [1.54, 1.807) is 34.1 Å². The molecule has 1 N–H and O–H groups in total. The molecule has 6 heteroatoms. The molecule has 5 nitrogen and oxygen atoms in total. The van der Waals surface area contributed by atoms with E-state index < -0.39 is 6.10 Å². The summed E-state index contributed by atoms with van der Waals surface area (Å²) in [7, 11) is 0. The third-order valence-corrected chi connectivity index (χ3v) is 3.86. The van der Waals surface area contributed by atoms with Gasteiger partial charge >= 0.3 is 0 Å². The Hall–Kier alpha value is -1.85. The molecule has 1 aliphatic rings. The fourth-order valence-electron chi connectivity index (χ4n) is 2.49. The molecule has 1 aliphatic heterocycles. The van der Waals surface area contributed by atoms with Crippen molar-refractivity contribution in [2.45, 2.75) is 18.9 Å². The molecule has 2 heterocycles. The number of piperidine rings is 1. The number of nitrogens with zero attached hydrogens (tertiary/aromatic N) is 3. The number of aliphatic hydroxyl groups excluding tert-OH is 1. The second-order valence-electron chi connectivity index (χ2n) is 5.20. The zero-order valence-corrected chi connectivity index (χ0v) is 12.2. The Bertz CT molecular complexity index is 639. The van der Waals surface area contributed by atoms with Gasteiger partial charge in [-0.05, 0) is 37.1 Å². The lowest BCUT2D eigenvalue weighted by Crippen LogP contribution is -2.42. The van der Waals surface area contributed by atoms with Crippen molar-refractivity contribution in [3.63, 3.8) is 0 Å². The third-order valence-electron chi connectivity index (χ3n) is 3.60. The van der Waals surface area contributed by atoms with Gasteiger partial charge in [-0.3, -0.25) is 4.79 Å². The number of hydrogen-bond acceptors (Lipinski definition) is 3. The minimum absolute atomic E-state index is 0.0889. The molecule has 2 aromatic rings. The van der Waals surface area contributed by atoms with Crippen LogP contribution in [0.15, 0.2) is 36.7 Å². The predicted octanol–water partition coefficient (Wildman–Crippen LogP) is 2.12. The van der Waals surface area contributed by atoms with Crippen LogP contribution in [0.3, 0.4) is 0 Å². The average Bonchev–Trinajstić information content (AvgIpc) is 2.97. The van der Waals surface area contributed by atoms with E-state index in [-0.39, 0.29) is 5.91 Å². The molecule has 0 saturated carbocycles. The largest absolute Gasteiger partial charge is 0.391 e. The highest BCUT2D eigenvalue weighted by molar-refractivity contribution is 6.30. The van der Waals surface area contributed by atoms with Crippen LogP contribution in [0.4, 0.5) is 0 Å². The van der Waals surface area contributed by atoms with Crippen LogP contribution in [-0.4, -0.2) is 44.9 Å². The maximum atomic E-state index is 12.4. The molecule has 21 heavy (non-hydrogen) atoms. The van der Waals surface area contributed by atoms with E-state index in [0.29, 0.717) is 23.7 Å². The second kappa shape index (κ2) is 5.87. The number of benzene rings is 1. The average molecular weight is 306 g/mol. The molecule has 0 bridgehead atoms. The fraction of sp³-hybridized carbons (Fsp3) is 0.333. The second-order valence-corrected chi connectivity index (χ2v) is 5.63. The maximum Gasteiger partial charge on any atom is 0.257 e. The molecule has 1 fully saturated rings. The van der Waals surface area contributed by atoms with Gasteiger partial charge in [0.15, 0.2) is 0 Å². The van der Waals surface area contributed by atoms with Crippen LogP contribution < -0.4 is 0 Å². The van der Waals surface area contributed by atoms with Gasteiger partial charge in [0.25, 0.3) is 5.91 Å². The van der Waals surface area contributed by atoms with Gasteiger partial charge in [-0.1, -0.05) is 11.6 Å². The molecular weight excluding hydrogens is 290 g/mol. The molecule has 110 valence electrons.